The van der Waals surface area contributed by atoms with Gasteiger partial charge in [0.2, 0.25) is 5.91 Å². The quantitative estimate of drug-likeness (QED) is 0.679. The summed E-state index contributed by atoms with van der Waals surface area (Å²) in [5.41, 5.74) is 4.18. The Balaban J connectivity index is 1.54. The predicted molar refractivity (Wildman–Crippen MR) is 128 cm³/mol. The molecule has 1 saturated carbocycles. The largest absolute Gasteiger partial charge is 0.497 e. The maximum Gasteiger partial charge on any atom is 0.268 e. The highest BCUT2D eigenvalue weighted by Gasteiger charge is 2.60. The molecule has 3 aliphatic rings. The molecule has 2 heterocycles. The van der Waals surface area contributed by atoms with E-state index in [2.05, 4.69) is 45.0 Å². The minimum Gasteiger partial charge on any atom is -0.497 e. The summed E-state index contributed by atoms with van der Waals surface area (Å²) in [6, 6.07) is 14.3. The van der Waals surface area contributed by atoms with Crippen LogP contribution >= 0.6 is 11.8 Å². The van der Waals surface area contributed by atoms with Crippen molar-refractivity contribution in [3.8, 4) is 5.75 Å². The van der Waals surface area contributed by atoms with Crippen LogP contribution in [0.1, 0.15) is 50.3 Å². The molecule has 1 spiro atoms. The molecule has 5 nitrogen and oxygen atoms in total. The molecule has 2 aliphatic heterocycles. The fourth-order valence-electron chi connectivity index (χ4n) is 4.74. The van der Waals surface area contributed by atoms with Crippen molar-refractivity contribution in [2.24, 2.45) is 5.92 Å². The van der Waals surface area contributed by atoms with Crippen molar-refractivity contribution in [1.82, 2.24) is 4.90 Å². The Labute approximate surface area is 194 Å². The molecule has 0 bridgehead atoms. The van der Waals surface area contributed by atoms with Crippen LogP contribution in [0.5, 0.6) is 5.75 Å². The van der Waals surface area contributed by atoms with Gasteiger partial charge in [0.05, 0.1) is 19.3 Å². The highest BCUT2D eigenvalue weighted by molar-refractivity contribution is 8.01. The third-order valence-electron chi connectivity index (χ3n) is 6.75. The molecule has 2 aromatic carbocycles. The number of hydrogen-bond acceptors (Lipinski definition) is 4. The molecule has 168 valence electrons. The van der Waals surface area contributed by atoms with Crippen LogP contribution in [0, 0.1) is 5.92 Å². The monoisotopic (exact) mass is 450 g/mol. The summed E-state index contributed by atoms with van der Waals surface area (Å²) in [6.07, 6.45) is 1.86. The Bertz CT molecular complexity index is 1070. The van der Waals surface area contributed by atoms with E-state index in [0.717, 1.165) is 35.4 Å². The van der Waals surface area contributed by atoms with Gasteiger partial charge in [-0.25, -0.2) is 0 Å². The van der Waals surface area contributed by atoms with Gasteiger partial charge >= 0.3 is 0 Å². The first-order valence-electron chi connectivity index (χ1n) is 11.3. The van der Waals surface area contributed by atoms with Crippen LogP contribution in [0.3, 0.4) is 0 Å². The SMILES string of the molecule is COc1ccc2c(c1)[C@@]1(SCCN1C(=O)C1CC1)C(=O)N2Cc1ccc(C(C)(C)C)cc1. The Morgan fingerprint density at radius 3 is 2.50 bits per heavy atom. The van der Waals surface area contributed by atoms with Crippen LogP contribution in [0.4, 0.5) is 5.69 Å². The maximum atomic E-state index is 14.0. The van der Waals surface area contributed by atoms with Gasteiger partial charge in [0, 0.05) is 23.8 Å². The number of carbonyl (C=O) groups excluding carboxylic acids is 2. The van der Waals surface area contributed by atoms with E-state index in [4.69, 9.17) is 4.74 Å². The second-order valence-corrected chi connectivity index (χ2v) is 11.3. The lowest BCUT2D eigenvalue weighted by Gasteiger charge is -2.33. The summed E-state index contributed by atoms with van der Waals surface area (Å²) < 4.78 is 5.49. The van der Waals surface area contributed by atoms with Crippen LogP contribution in [0.25, 0.3) is 0 Å². The summed E-state index contributed by atoms with van der Waals surface area (Å²) in [5, 5.41) is 0. The summed E-state index contributed by atoms with van der Waals surface area (Å²) in [6.45, 7) is 7.68. The molecule has 0 radical (unpaired) electrons. The second-order valence-electron chi connectivity index (χ2n) is 9.98. The number of carbonyl (C=O) groups is 2. The third-order valence-corrected chi connectivity index (χ3v) is 8.17. The summed E-state index contributed by atoms with van der Waals surface area (Å²) in [5.74, 6) is 1.64. The molecule has 0 N–H and O–H groups in total. The van der Waals surface area contributed by atoms with Crippen molar-refractivity contribution >= 4 is 29.3 Å². The number of anilines is 1. The molecule has 32 heavy (non-hydrogen) atoms. The van der Waals surface area contributed by atoms with E-state index in [1.807, 2.05) is 28.0 Å². The summed E-state index contributed by atoms with van der Waals surface area (Å²) in [7, 11) is 1.63. The van der Waals surface area contributed by atoms with Gasteiger partial charge in [-0.3, -0.25) is 9.59 Å². The number of hydrogen-bond donors (Lipinski definition) is 0. The van der Waals surface area contributed by atoms with Gasteiger partial charge in [-0.1, -0.05) is 45.0 Å². The van der Waals surface area contributed by atoms with E-state index in [1.165, 1.54) is 5.56 Å². The number of benzene rings is 2. The Kier molecular flexibility index (Phi) is 5.04. The number of ether oxygens (including phenoxy) is 1. The highest BCUT2D eigenvalue weighted by atomic mass is 32.2. The average Bonchev–Trinajstić information content (AvgIpc) is 3.49. The van der Waals surface area contributed by atoms with Crippen LogP contribution in [-0.2, 0) is 26.4 Å². The molecule has 5 rings (SSSR count). The number of thioether (sulfide) groups is 1. The molecule has 2 amide bonds. The smallest absolute Gasteiger partial charge is 0.268 e. The van der Waals surface area contributed by atoms with Gasteiger partial charge in [0.25, 0.3) is 5.91 Å². The van der Waals surface area contributed by atoms with Crippen LogP contribution in [0.2, 0.25) is 0 Å². The van der Waals surface area contributed by atoms with Crippen molar-refractivity contribution < 1.29 is 14.3 Å². The van der Waals surface area contributed by atoms with E-state index in [9.17, 15) is 9.59 Å². The van der Waals surface area contributed by atoms with Gasteiger partial charge in [-0.05, 0) is 47.6 Å². The summed E-state index contributed by atoms with van der Waals surface area (Å²) >= 11 is 1.58. The summed E-state index contributed by atoms with van der Waals surface area (Å²) in [4.78, 5) is 30.0. The number of fused-ring (bicyclic) bond motifs is 2. The molecule has 1 aliphatic carbocycles. The molecular formula is C26H30N2O3S. The van der Waals surface area contributed by atoms with E-state index in [0.29, 0.717) is 18.8 Å². The molecule has 6 heteroatoms. The fourth-order valence-corrected chi connectivity index (χ4v) is 6.20. The number of methoxy groups -OCH3 is 1. The van der Waals surface area contributed by atoms with Gasteiger partial charge in [-0.2, -0.15) is 0 Å². The standard InChI is InChI=1S/C26H30N2O3S/c1-25(2,3)19-9-5-17(6-10-19)16-27-22-12-11-20(31-4)15-21(22)26(24(27)30)28(13-14-32-26)23(29)18-7-8-18/h5-6,9-12,15,18H,7-8,13-14,16H2,1-4H3/t26-/m1/s1. The van der Waals surface area contributed by atoms with E-state index >= 15 is 0 Å². The Morgan fingerprint density at radius 1 is 1.16 bits per heavy atom. The fraction of sp³-hybridized carbons (Fsp3) is 0.462. The Hall–Kier alpha value is -2.47. The van der Waals surface area contributed by atoms with Crippen LogP contribution < -0.4 is 9.64 Å². The molecule has 0 unspecified atom stereocenters. The second kappa shape index (κ2) is 7.55. The average molecular weight is 451 g/mol. The molecule has 1 saturated heterocycles. The zero-order chi connectivity index (χ0) is 22.7. The zero-order valence-electron chi connectivity index (χ0n) is 19.2. The van der Waals surface area contributed by atoms with Crippen molar-refractivity contribution in [2.45, 2.75) is 50.4 Å². The van der Waals surface area contributed by atoms with Crippen molar-refractivity contribution in [3.05, 3.63) is 59.2 Å². The molecular weight excluding hydrogens is 420 g/mol. The van der Waals surface area contributed by atoms with Crippen molar-refractivity contribution in [3.63, 3.8) is 0 Å². The number of amides is 2. The van der Waals surface area contributed by atoms with E-state index in [1.54, 1.807) is 18.9 Å². The van der Waals surface area contributed by atoms with Crippen molar-refractivity contribution in [2.75, 3.05) is 24.3 Å². The topological polar surface area (TPSA) is 49.9 Å². The Morgan fingerprint density at radius 2 is 1.88 bits per heavy atom. The minimum absolute atomic E-state index is 0.0165. The van der Waals surface area contributed by atoms with Gasteiger partial charge in [-0.15, -0.1) is 11.8 Å². The number of rotatable bonds is 4. The predicted octanol–water partition coefficient (Wildman–Crippen LogP) is 4.68. The first kappa shape index (κ1) is 21.4. The maximum absolute atomic E-state index is 14.0. The van der Waals surface area contributed by atoms with E-state index in [-0.39, 0.29) is 23.1 Å². The van der Waals surface area contributed by atoms with Gasteiger partial charge < -0.3 is 14.5 Å². The highest BCUT2D eigenvalue weighted by Crippen LogP contribution is 2.56. The van der Waals surface area contributed by atoms with E-state index < -0.39 is 4.87 Å². The molecule has 1 atom stereocenters. The molecule has 2 aromatic rings. The number of nitrogens with zero attached hydrogens (tertiary/aromatic N) is 2. The minimum atomic E-state index is -0.977. The van der Waals surface area contributed by atoms with Gasteiger partial charge in [0.1, 0.15) is 5.75 Å². The first-order valence-corrected chi connectivity index (χ1v) is 12.3. The van der Waals surface area contributed by atoms with Crippen LogP contribution in [-0.4, -0.2) is 36.1 Å². The first-order chi connectivity index (χ1) is 15.3. The van der Waals surface area contributed by atoms with Gasteiger partial charge in [0.15, 0.2) is 4.87 Å². The van der Waals surface area contributed by atoms with Crippen molar-refractivity contribution in [1.29, 1.82) is 0 Å². The third kappa shape index (κ3) is 3.31. The molecule has 0 aromatic heterocycles. The lowest BCUT2D eigenvalue weighted by Crippen LogP contribution is -2.50. The normalized spacial score (nSPS) is 22.6. The zero-order valence-corrected chi connectivity index (χ0v) is 20.0. The van der Waals surface area contributed by atoms with Crippen LogP contribution in [0.15, 0.2) is 42.5 Å². The lowest BCUT2D eigenvalue weighted by molar-refractivity contribution is -0.141. The lowest BCUT2D eigenvalue weighted by atomic mass is 9.87. The molecule has 2 fully saturated rings.